The minimum atomic E-state index is -4.03. The minimum Gasteiger partial charge on any atom is -0.495 e. The Morgan fingerprint density at radius 2 is 1.83 bits per heavy atom. The Labute approximate surface area is 133 Å². The number of ether oxygens (including phenoxy) is 1. The third-order valence-electron chi connectivity index (χ3n) is 3.56. The van der Waals surface area contributed by atoms with Gasteiger partial charge in [-0.3, -0.25) is 0 Å². The summed E-state index contributed by atoms with van der Waals surface area (Å²) in [5, 5.41) is 0. The normalized spacial score (nSPS) is 11.6. The number of fused-ring (bicyclic) bond motifs is 1. The number of rotatable bonds is 4. The van der Waals surface area contributed by atoms with E-state index in [0.29, 0.717) is 11.1 Å². The van der Waals surface area contributed by atoms with Crippen LogP contribution in [0.1, 0.15) is 11.1 Å². The van der Waals surface area contributed by atoms with Crippen molar-refractivity contribution in [1.82, 2.24) is 4.98 Å². The molecule has 1 heterocycles. The lowest BCUT2D eigenvalue weighted by atomic mass is 10.1. The van der Waals surface area contributed by atoms with Gasteiger partial charge in [-0.1, -0.05) is 0 Å². The van der Waals surface area contributed by atoms with Gasteiger partial charge >= 0.3 is 10.1 Å². The number of aromatic nitrogens is 1. The van der Waals surface area contributed by atoms with Gasteiger partial charge in [-0.25, -0.2) is 4.98 Å². The van der Waals surface area contributed by atoms with Crippen LogP contribution < -0.4 is 8.92 Å². The molecule has 1 aromatic heterocycles. The van der Waals surface area contributed by atoms with Crippen LogP contribution in [0.25, 0.3) is 11.1 Å². The Bertz CT molecular complexity index is 975. The molecular weight excluding hydrogens is 318 g/mol. The smallest absolute Gasteiger partial charge is 0.342 e. The van der Waals surface area contributed by atoms with Gasteiger partial charge in [-0.2, -0.15) is 8.42 Å². The standard InChI is InChI=1S/C16H15NO5S/c1-10-6-15(20-3)16(7-11(10)2)23(18,19)22-12-4-5-14-13(8-12)17-9-21-14/h4-9H,1-3H3. The molecule has 2 aromatic carbocycles. The first-order valence-electron chi connectivity index (χ1n) is 6.83. The molecule has 0 aliphatic rings. The van der Waals surface area contributed by atoms with Crippen LogP contribution in [-0.4, -0.2) is 20.5 Å². The lowest BCUT2D eigenvalue weighted by molar-refractivity contribution is 0.397. The molecule has 0 bridgehead atoms. The number of hydrogen-bond acceptors (Lipinski definition) is 6. The Balaban J connectivity index is 2.02. The average molecular weight is 333 g/mol. The first kappa shape index (κ1) is 15.4. The Morgan fingerprint density at radius 1 is 1.09 bits per heavy atom. The van der Waals surface area contributed by atoms with Gasteiger partial charge < -0.3 is 13.3 Å². The van der Waals surface area contributed by atoms with Crippen molar-refractivity contribution >= 4 is 21.2 Å². The van der Waals surface area contributed by atoms with Gasteiger partial charge in [0.15, 0.2) is 12.0 Å². The summed E-state index contributed by atoms with van der Waals surface area (Å²) in [6.07, 6.45) is 1.29. The molecule has 0 saturated heterocycles. The Kier molecular flexibility index (Phi) is 3.73. The summed E-state index contributed by atoms with van der Waals surface area (Å²) in [7, 11) is -2.61. The molecule has 0 atom stereocenters. The van der Waals surface area contributed by atoms with Gasteiger partial charge in [-0.05, 0) is 49.2 Å². The highest BCUT2D eigenvalue weighted by Gasteiger charge is 2.23. The summed E-state index contributed by atoms with van der Waals surface area (Å²) < 4.78 is 40.7. The summed E-state index contributed by atoms with van der Waals surface area (Å²) in [6.45, 7) is 3.71. The first-order chi connectivity index (χ1) is 10.9. The van der Waals surface area contributed by atoms with E-state index in [2.05, 4.69) is 4.98 Å². The lowest BCUT2D eigenvalue weighted by Crippen LogP contribution is -2.12. The van der Waals surface area contributed by atoms with Crippen LogP contribution in [0.2, 0.25) is 0 Å². The van der Waals surface area contributed by atoms with Crippen LogP contribution >= 0.6 is 0 Å². The monoisotopic (exact) mass is 333 g/mol. The van der Waals surface area contributed by atoms with Crippen LogP contribution in [0.3, 0.4) is 0 Å². The van der Waals surface area contributed by atoms with Gasteiger partial charge in [0.1, 0.15) is 21.9 Å². The maximum absolute atomic E-state index is 12.6. The van der Waals surface area contributed by atoms with Crippen molar-refractivity contribution in [2.75, 3.05) is 7.11 Å². The summed E-state index contributed by atoms with van der Waals surface area (Å²) >= 11 is 0. The predicted molar refractivity (Wildman–Crippen MR) is 84.3 cm³/mol. The van der Waals surface area contributed by atoms with Crippen molar-refractivity contribution in [3.63, 3.8) is 0 Å². The zero-order chi connectivity index (χ0) is 16.6. The number of benzene rings is 2. The molecule has 120 valence electrons. The van der Waals surface area contributed by atoms with E-state index < -0.39 is 10.1 Å². The van der Waals surface area contributed by atoms with Gasteiger partial charge in [0.25, 0.3) is 0 Å². The SMILES string of the molecule is COc1cc(C)c(C)cc1S(=O)(=O)Oc1ccc2ocnc2c1. The van der Waals surface area contributed by atoms with Crippen LogP contribution in [0.5, 0.6) is 11.5 Å². The van der Waals surface area contributed by atoms with E-state index in [1.807, 2.05) is 13.8 Å². The van der Waals surface area contributed by atoms with Crippen molar-refractivity contribution in [2.45, 2.75) is 18.7 Å². The molecule has 0 amide bonds. The maximum atomic E-state index is 12.6. The molecule has 0 saturated carbocycles. The van der Waals surface area contributed by atoms with Crippen molar-refractivity contribution in [3.8, 4) is 11.5 Å². The highest BCUT2D eigenvalue weighted by atomic mass is 32.2. The molecular formula is C16H15NO5S. The van der Waals surface area contributed by atoms with Crippen molar-refractivity contribution in [1.29, 1.82) is 0 Å². The molecule has 6 nitrogen and oxygen atoms in total. The largest absolute Gasteiger partial charge is 0.495 e. The average Bonchev–Trinajstić information content (AvgIpc) is 2.96. The van der Waals surface area contributed by atoms with Crippen LogP contribution in [0.4, 0.5) is 0 Å². The zero-order valence-electron chi connectivity index (χ0n) is 12.9. The molecule has 0 N–H and O–H groups in total. The van der Waals surface area contributed by atoms with Gasteiger partial charge in [0, 0.05) is 6.07 Å². The number of oxazole rings is 1. The van der Waals surface area contributed by atoms with Crippen molar-refractivity contribution in [3.05, 3.63) is 47.9 Å². The first-order valence-corrected chi connectivity index (χ1v) is 8.24. The van der Waals surface area contributed by atoms with E-state index in [1.54, 1.807) is 12.1 Å². The second-order valence-electron chi connectivity index (χ2n) is 5.11. The Morgan fingerprint density at radius 3 is 2.57 bits per heavy atom. The van der Waals surface area contributed by atoms with Crippen LogP contribution in [0, 0.1) is 13.8 Å². The molecule has 3 aromatic rings. The van der Waals surface area contributed by atoms with Crippen LogP contribution in [0.15, 0.2) is 46.0 Å². The second-order valence-corrected chi connectivity index (χ2v) is 6.62. The number of hydrogen-bond donors (Lipinski definition) is 0. The molecule has 0 radical (unpaired) electrons. The fourth-order valence-electron chi connectivity index (χ4n) is 2.18. The topological polar surface area (TPSA) is 78.6 Å². The highest BCUT2D eigenvalue weighted by Crippen LogP contribution is 2.30. The fourth-order valence-corrected chi connectivity index (χ4v) is 3.34. The molecule has 0 aliphatic carbocycles. The van der Waals surface area contributed by atoms with Gasteiger partial charge in [-0.15, -0.1) is 0 Å². The van der Waals surface area contributed by atoms with E-state index >= 15 is 0 Å². The van der Waals surface area contributed by atoms with E-state index in [0.717, 1.165) is 11.1 Å². The van der Waals surface area contributed by atoms with Crippen molar-refractivity contribution < 1.29 is 21.8 Å². The molecule has 0 spiro atoms. The van der Waals surface area contributed by atoms with Crippen molar-refractivity contribution in [2.24, 2.45) is 0 Å². The highest BCUT2D eigenvalue weighted by molar-refractivity contribution is 7.87. The fraction of sp³-hybridized carbons (Fsp3) is 0.188. The lowest BCUT2D eigenvalue weighted by Gasteiger charge is -2.13. The predicted octanol–water partition coefficient (Wildman–Crippen LogP) is 3.22. The number of methoxy groups -OCH3 is 1. The summed E-state index contributed by atoms with van der Waals surface area (Å²) in [5.74, 6) is 0.405. The van der Waals surface area contributed by atoms with Gasteiger partial charge in [0.2, 0.25) is 0 Å². The molecule has 7 heteroatoms. The van der Waals surface area contributed by atoms with Gasteiger partial charge in [0.05, 0.1) is 7.11 Å². The van der Waals surface area contributed by atoms with E-state index in [4.69, 9.17) is 13.3 Å². The molecule has 23 heavy (non-hydrogen) atoms. The molecule has 0 fully saturated rings. The quantitative estimate of drug-likeness (QED) is 0.682. The number of nitrogens with zero attached hydrogens (tertiary/aromatic N) is 1. The van der Waals surface area contributed by atoms with E-state index in [1.165, 1.54) is 31.7 Å². The summed E-state index contributed by atoms with van der Waals surface area (Å²) in [4.78, 5) is 3.96. The third kappa shape index (κ3) is 2.87. The van der Waals surface area contributed by atoms with E-state index in [-0.39, 0.29) is 16.4 Å². The molecule has 3 rings (SSSR count). The molecule has 0 aliphatic heterocycles. The zero-order valence-corrected chi connectivity index (χ0v) is 13.7. The maximum Gasteiger partial charge on any atom is 0.342 e. The van der Waals surface area contributed by atoms with Crippen LogP contribution in [-0.2, 0) is 10.1 Å². The minimum absolute atomic E-state index is 0.0108. The Hall–Kier alpha value is -2.54. The summed E-state index contributed by atoms with van der Waals surface area (Å²) in [5.41, 5.74) is 2.84. The second kappa shape index (κ2) is 5.58. The number of aryl methyl sites for hydroxylation is 2. The molecule has 0 unspecified atom stereocenters. The third-order valence-corrected chi connectivity index (χ3v) is 4.83. The summed E-state index contributed by atoms with van der Waals surface area (Å²) in [6, 6.07) is 7.83. The van der Waals surface area contributed by atoms with E-state index in [9.17, 15) is 8.42 Å².